The van der Waals surface area contributed by atoms with E-state index in [2.05, 4.69) is 62.0 Å². The summed E-state index contributed by atoms with van der Waals surface area (Å²) in [6.07, 6.45) is 12.9. The third kappa shape index (κ3) is 9.24. The Morgan fingerprint density at radius 1 is 0.917 bits per heavy atom. The fraction of sp³-hybridized carbons (Fsp3) is 0.545. The number of aliphatic hydroxyl groups is 1. The van der Waals surface area contributed by atoms with Gasteiger partial charge in [0.25, 0.3) is 0 Å². The van der Waals surface area contributed by atoms with E-state index in [0.29, 0.717) is 17.4 Å². The van der Waals surface area contributed by atoms with Gasteiger partial charge in [-0.15, -0.1) is 0 Å². The van der Waals surface area contributed by atoms with E-state index < -0.39 is 0 Å². The molecule has 0 saturated heterocycles. The van der Waals surface area contributed by atoms with Gasteiger partial charge in [0.15, 0.2) is 0 Å². The Morgan fingerprint density at radius 2 is 1.47 bits per heavy atom. The van der Waals surface area contributed by atoms with Crippen LogP contribution in [0, 0.1) is 11.8 Å². The van der Waals surface area contributed by atoms with Crippen molar-refractivity contribution >= 4 is 5.97 Å². The van der Waals surface area contributed by atoms with Crippen LogP contribution in [-0.2, 0) is 28.8 Å². The SMILES string of the molecule is C=C(C)C(=O)OCC(CO)CC1CCC(c2ccc(CCc3ccc(CCCCC)cc3)cc2)CC1. The summed E-state index contributed by atoms with van der Waals surface area (Å²) < 4.78 is 5.27. The zero-order chi connectivity index (χ0) is 25.8. The number of carbonyl (C=O) groups excluding carboxylic acids is 1. The summed E-state index contributed by atoms with van der Waals surface area (Å²) in [5.74, 6) is 0.881. The van der Waals surface area contributed by atoms with Crippen LogP contribution in [0.15, 0.2) is 60.7 Å². The van der Waals surface area contributed by atoms with E-state index in [1.54, 1.807) is 6.92 Å². The highest BCUT2D eigenvalue weighted by Gasteiger charge is 2.25. The van der Waals surface area contributed by atoms with Crippen LogP contribution in [0.4, 0.5) is 0 Å². The number of benzene rings is 2. The van der Waals surface area contributed by atoms with E-state index in [0.717, 1.165) is 19.3 Å². The van der Waals surface area contributed by atoms with Crippen LogP contribution in [0.2, 0.25) is 0 Å². The van der Waals surface area contributed by atoms with Crippen molar-refractivity contribution in [3.05, 3.63) is 82.9 Å². The fourth-order valence-electron chi connectivity index (χ4n) is 5.41. The molecule has 1 saturated carbocycles. The first kappa shape index (κ1) is 28.2. The molecule has 3 nitrogen and oxygen atoms in total. The average molecular weight is 491 g/mol. The minimum absolute atomic E-state index is 0.0198. The molecule has 1 unspecified atom stereocenters. The lowest BCUT2D eigenvalue weighted by Crippen LogP contribution is -2.23. The van der Waals surface area contributed by atoms with Gasteiger partial charge in [-0.1, -0.05) is 74.9 Å². The minimum atomic E-state index is -0.365. The summed E-state index contributed by atoms with van der Waals surface area (Å²) in [6, 6.07) is 18.5. The molecule has 1 atom stereocenters. The summed E-state index contributed by atoms with van der Waals surface area (Å²) >= 11 is 0. The van der Waals surface area contributed by atoms with E-state index in [1.165, 1.54) is 73.6 Å². The summed E-state index contributed by atoms with van der Waals surface area (Å²) in [4.78, 5) is 11.6. The number of carbonyl (C=O) groups is 1. The first-order valence-corrected chi connectivity index (χ1v) is 14.1. The third-order valence-corrected chi connectivity index (χ3v) is 7.82. The molecule has 0 spiro atoms. The lowest BCUT2D eigenvalue weighted by molar-refractivity contribution is -0.140. The van der Waals surface area contributed by atoms with Crippen molar-refractivity contribution in [3.8, 4) is 0 Å². The highest BCUT2D eigenvalue weighted by molar-refractivity contribution is 5.86. The normalized spacial score (nSPS) is 18.5. The van der Waals surface area contributed by atoms with Gasteiger partial charge in [-0.25, -0.2) is 4.79 Å². The van der Waals surface area contributed by atoms with Gasteiger partial charge in [-0.2, -0.15) is 0 Å². The molecule has 0 aliphatic heterocycles. The van der Waals surface area contributed by atoms with Crippen molar-refractivity contribution in [1.29, 1.82) is 0 Å². The Kier molecular flexibility index (Phi) is 11.7. The average Bonchev–Trinajstić information content (AvgIpc) is 2.91. The number of aliphatic hydroxyl groups excluding tert-OH is 1. The highest BCUT2D eigenvalue weighted by Crippen LogP contribution is 2.38. The van der Waals surface area contributed by atoms with E-state index in [-0.39, 0.29) is 25.1 Å². The predicted molar refractivity (Wildman–Crippen MR) is 149 cm³/mol. The molecule has 36 heavy (non-hydrogen) atoms. The maximum absolute atomic E-state index is 11.6. The van der Waals surface area contributed by atoms with Crippen molar-refractivity contribution in [2.24, 2.45) is 11.8 Å². The number of hydrogen-bond donors (Lipinski definition) is 1. The van der Waals surface area contributed by atoms with Crippen LogP contribution in [-0.4, -0.2) is 24.3 Å². The van der Waals surface area contributed by atoms with Crippen LogP contribution in [0.3, 0.4) is 0 Å². The quantitative estimate of drug-likeness (QED) is 0.168. The van der Waals surface area contributed by atoms with Crippen LogP contribution in [0.25, 0.3) is 0 Å². The van der Waals surface area contributed by atoms with E-state index in [1.807, 2.05) is 0 Å². The van der Waals surface area contributed by atoms with Gasteiger partial charge in [0, 0.05) is 18.1 Å². The third-order valence-electron chi connectivity index (χ3n) is 7.82. The van der Waals surface area contributed by atoms with Crippen molar-refractivity contribution < 1.29 is 14.6 Å². The second kappa shape index (κ2) is 15.0. The molecular weight excluding hydrogens is 444 g/mol. The monoisotopic (exact) mass is 490 g/mol. The number of ether oxygens (including phenoxy) is 1. The highest BCUT2D eigenvalue weighted by atomic mass is 16.5. The molecule has 3 heteroatoms. The number of esters is 1. The Labute approximate surface area is 219 Å². The van der Waals surface area contributed by atoms with Gasteiger partial charge in [-0.05, 0) is 98.8 Å². The number of hydrogen-bond acceptors (Lipinski definition) is 3. The van der Waals surface area contributed by atoms with E-state index >= 15 is 0 Å². The van der Waals surface area contributed by atoms with Gasteiger partial charge in [0.2, 0.25) is 0 Å². The molecule has 2 aromatic carbocycles. The van der Waals surface area contributed by atoms with Gasteiger partial charge >= 0.3 is 5.97 Å². The molecule has 3 rings (SSSR count). The lowest BCUT2D eigenvalue weighted by Gasteiger charge is -2.30. The molecule has 0 bridgehead atoms. The van der Waals surface area contributed by atoms with Crippen molar-refractivity contribution in [2.45, 2.75) is 90.4 Å². The molecule has 1 N–H and O–H groups in total. The van der Waals surface area contributed by atoms with E-state index in [9.17, 15) is 9.90 Å². The molecule has 1 aliphatic carbocycles. The number of aryl methyl sites for hydroxylation is 3. The van der Waals surface area contributed by atoms with Gasteiger partial charge in [0.05, 0.1) is 6.61 Å². The second-order valence-electron chi connectivity index (χ2n) is 10.9. The van der Waals surface area contributed by atoms with Crippen molar-refractivity contribution in [2.75, 3.05) is 13.2 Å². The first-order valence-electron chi connectivity index (χ1n) is 14.1. The molecule has 1 fully saturated rings. The topological polar surface area (TPSA) is 46.5 Å². The number of unbranched alkanes of at least 4 members (excludes halogenated alkanes) is 2. The molecule has 0 radical (unpaired) electrons. The molecule has 196 valence electrons. The standard InChI is InChI=1S/C33H46O3/c1-4-5-6-7-26-8-10-27(11-9-26)12-13-28-14-18-31(19-15-28)32-20-16-29(17-21-32)22-30(23-34)24-36-33(35)25(2)3/h8-11,14-15,18-19,29-30,32,34H,2,4-7,12-13,16-17,20-24H2,1,3H3. The van der Waals surface area contributed by atoms with Gasteiger partial charge in [-0.3, -0.25) is 0 Å². The van der Waals surface area contributed by atoms with Crippen molar-refractivity contribution in [3.63, 3.8) is 0 Å². The minimum Gasteiger partial charge on any atom is -0.462 e. The van der Waals surface area contributed by atoms with Crippen molar-refractivity contribution in [1.82, 2.24) is 0 Å². The Bertz CT molecular complexity index is 920. The first-order chi connectivity index (χ1) is 17.5. The Hall–Kier alpha value is -2.39. The molecule has 2 aromatic rings. The molecule has 1 aliphatic rings. The smallest absolute Gasteiger partial charge is 0.333 e. The van der Waals surface area contributed by atoms with Crippen LogP contribution >= 0.6 is 0 Å². The van der Waals surface area contributed by atoms with E-state index in [4.69, 9.17) is 4.74 Å². The second-order valence-corrected chi connectivity index (χ2v) is 10.9. The fourth-order valence-corrected chi connectivity index (χ4v) is 5.41. The largest absolute Gasteiger partial charge is 0.462 e. The summed E-state index contributed by atoms with van der Waals surface area (Å²) in [7, 11) is 0. The maximum atomic E-state index is 11.6. The molecule has 0 aromatic heterocycles. The summed E-state index contributed by atoms with van der Waals surface area (Å²) in [6.45, 7) is 7.87. The molecular formula is C33H46O3. The number of rotatable bonds is 14. The van der Waals surface area contributed by atoms with Crippen LogP contribution < -0.4 is 0 Å². The maximum Gasteiger partial charge on any atom is 0.333 e. The predicted octanol–water partition coefficient (Wildman–Crippen LogP) is 7.60. The Balaban J connectivity index is 1.40. The van der Waals surface area contributed by atoms with Gasteiger partial charge in [0.1, 0.15) is 0 Å². The molecule has 0 heterocycles. The zero-order valence-corrected chi connectivity index (χ0v) is 22.5. The Morgan fingerprint density at radius 3 is 2.00 bits per heavy atom. The van der Waals surface area contributed by atoms with Crippen LogP contribution in [0.1, 0.15) is 93.4 Å². The zero-order valence-electron chi connectivity index (χ0n) is 22.5. The van der Waals surface area contributed by atoms with Crippen LogP contribution in [0.5, 0.6) is 0 Å². The summed E-state index contributed by atoms with van der Waals surface area (Å²) in [5.41, 5.74) is 6.17. The van der Waals surface area contributed by atoms with Gasteiger partial charge < -0.3 is 9.84 Å². The lowest BCUT2D eigenvalue weighted by atomic mass is 9.76. The summed E-state index contributed by atoms with van der Waals surface area (Å²) in [5, 5.41) is 9.72. The molecule has 0 amide bonds.